The van der Waals surface area contributed by atoms with Gasteiger partial charge in [-0.15, -0.1) is 11.6 Å². The predicted octanol–water partition coefficient (Wildman–Crippen LogP) is 3.06. The lowest BCUT2D eigenvalue weighted by Crippen LogP contribution is -2.18. The summed E-state index contributed by atoms with van der Waals surface area (Å²) in [6.07, 6.45) is 3.71. The van der Waals surface area contributed by atoms with Crippen LogP contribution in [0.4, 0.5) is 0 Å². The van der Waals surface area contributed by atoms with E-state index < -0.39 is 0 Å². The number of halogens is 1. The van der Waals surface area contributed by atoms with Gasteiger partial charge in [0.1, 0.15) is 0 Å². The van der Waals surface area contributed by atoms with Crippen molar-refractivity contribution in [3.8, 4) is 0 Å². The third-order valence-electron chi connectivity index (χ3n) is 3.01. The molecular weight excluding hydrogens is 206 g/mol. The van der Waals surface area contributed by atoms with E-state index >= 15 is 0 Å². The molecule has 0 atom stereocenters. The molecule has 0 aliphatic carbocycles. The Kier molecular flexibility index (Phi) is 4.04. The van der Waals surface area contributed by atoms with Gasteiger partial charge >= 0.3 is 0 Å². The summed E-state index contributed by atoms with van der Waals surface area (Å²) in [4.78, 5) is 2.52. The number of aryl methyl sites for hydroxylation is 1. The van der Waals surface area contributed by atoms with Gasteiger partial charge in [0.05, 0.1) is 0 Å². The first kappa shape index (κ1) is 11.0. The molecule has 1 aromatic rings. The molecular formula is C13H18ClN. The van der Waals surface area contributed by atoms with Gasteiger partial charge in [-0.25, -0.2) is 0 Å². The molecule has 1 aliphatic heterocycles. The molecule has 1 fully saturated rings. The Labute approximate surface area is 97.0 Å². The molecule has 1 saturated heterocycles. The Morgan fingerprint density at radius 1 is 1.00 bits per heavy atom. The van der Waals surface area contributed by atoms with Crippen molar-refractivity contribution in [3.63, 3.8) is 0 Å². The summed E-state index contributed by atoms with van der Waals surface area (Å²) in [5.41, 5.74) is 2.77. The average Bonchev–Trinajstić information content (AvgIpc) is 2.74. The molecule has 0 saturated carbocycles. The van der Waals surface area contributed by atoms with Crippen LogP contribution in [0.5, 0.6) is 0 Å². The largest absolute Gasteiger partial charge is 0.299 e. The minimum atomic E-state index is 0.714. The summed E-state index contributed by atoms with van der Waals surface area (Å²) in [5, 5.41) is 0. The van der Waals surface area contributed by atoms with Crippen molar-refractivity contribution in [1.29, 1.82) is 0 Å². The Balaban J connectivity index is 1.91. The van der Waals surface area contributed by atoms with E-state index in [1.807, 2.05) is 0 Å². The fourth-order valence-corrected chi connectivity index (χ4v) is 2.34. The van der Waals surface area contributed by atoms with Gasteiger partial charge in [0.15, 0.2) is 0 Å². The highest BCUT2D eigenvalue weighted by Crippen LogP contribution is 2.13. The minimum Gasteiger partial charge on any atom is -0.299 e. The number of hydrogen-bond donors (Lipinski definition) is 0. The molecule has 0 bridgehead atoms. The molecule has 1 aromatic carbocycles. The first-order chi connectivity index (χ1) is 7.38. The van der Waals surface area contributed by atoms with Crippen LogP contribution in [0.2, 0.25) is 0 Å². The van der Waals surface area contributed by atoms with Crippen molar-refractivity contribution in [2.75, 3.05) is 19.0 Å². The molecule has 2 rings (SSSR count). The lowest BCUT2D eigenvalue weighted by atomic mass is 10.1. The lowest BCUT2D eigenvalue weighted by Gasteiger charge is -2.14. The van der Waals surface area contributed by atoms with E-state index in [9.17, 15) is 0 Å². The van der Waals surface area contributed by atoms with Crippen LogP contribution in [-0.2, 0) is 13.0 Å². The maximum absolute atomic E-state index is 5.71. The minimum absolute atomic E-state index is 0.714. The normalized spacial score (nSPS) is 17.1. The summed E-state index contributed by atoms with van der Waals surface area (Å²) in [7, 11) is 0. The third-order valence-corrected chi connectivity index (χ3v) is 3.20. The Morgan fingerprint density at radius 2 is 1.60 bits per heavy atom. The maximum atomic E-state index is 5.71. The first-order valence-electron chi connectivity index (χ1n) is 5.74. The van der Waals surface area contributed by atoms with Gasteiger partial charge in [-0.05, 0) is 43.5 Å². The highest BCUT2D eigenvalue weighted by atomic mass is 35.5. The molecule has 0 N–H and O–H groups in total. The van der Waals surface area contributed by atoms with Crippen LogP contribution in [0.3, 0.4) is 0 Å². The van der Waals surface area contributed by atoms with Gasteiger partial charge in [-0.1, -0.05) is 24.3 Å². The van der Waals surface area contributed by atoms with Crippen molar-refractivity contribution in [3.05, 3.63) is 35.4 Å². The summed E-state index contributed by atoms with van der Waals surface area (Å²) >= 11 is 5.71. The molecule has 1 nitrogen and oxygen atoms in total. The van der Waals surface area contributed by atoms with E-state index in [0.29, 0.717) is 5.88 Å². The van der Waals surface area contributed by atoms with Gasteiger partial charge in [0.2, 0.25) is 0 Å². The second-order valence-electron chi connectivity index (χ2n) is 4.24. The van der Waals surface area contributed by atoms with E-state index in [-0.39, 0.29) is 0 Å². The van der Waals surface area contributed by atoms with E-state index in [0.717, 1.165) is 13.0 Å². The monoisotopic (exact) mass is 223 g/mol. The van der Waals surface area contributed by atoms with E-state index in [4.69, 9.17) is 11.6 Å². The molecule has 0 aromatic heterocycles. The molecule has 2 heteroatoms. The van der Waals surface area contributed by atoms with Crippen molar-refractivity contribution in [2.24, 2.45) is 0 Å². The summed E-state index contributed by atoms with van der Waals surface area (Å²) < 4.78 is 0. The number of alkyl halides is 1. The Hall–Kier alpha value is -0.530. The molecule has 15 heavy (non-hydrogen) atoms. The molecule has 0 radical (unpaired) electrons. The lowest BCUT2D eigenvalue weighted by molar-refractivity contribution is 0.331. The number of nitrogens with zero attached hydrogens (tertiary/aromatic N) is 1. The maximum Gasteiger partial charge on any atom is 0.0263 e. The number of hydrogen-bond acceptors (Lipinski definition) is 1. The SMILES string of the molecule is ClCCc1ccc(CN2CCCC2)cc1. The topological polar surface area (TPSA) is 3.24 Å². The second kappa shape index (κ2) is 5.53. The van der Waals surface area contributed by atoms with E-state index in [2.05, 4.69) is 29.2 Å². The van der Waals surface area contributed by atoms with Crippen LogP contribution >= 0.6 is 11.6 Å². The van der Waals surface area contributed by atoms with Crippen LogP contribution < -0.4 is 0 Å². The van der Waals surface area contributed by atoms with Crippen LogP contribution in [0, 0.1) is 0 Å². The summed E-state index contributed by atoms with van der Waals surface area (Å²) in [6.45, 7) is 3.65. The van der Waals surface area contributed by atoms with Gasteiger partial charge < -0.3 is 0 Å². The molecule has 82 valence electrons. The fourth-order valence-electron chi connectivity index (χ4n) is 2.12. The molecule has 1 heterocycles. The summed E-state index contributed by atoms with van der Waals surface area (Å²) in [5.74, 6) is 0.714. The van der Waals surface area contributed by atoms with Gasteiger partial charge in [0.25, 0.3) is 0 Å². The second-order valence-corrected chi connectivity index (χ2v) is 4.62. The predicted molar refractivity (Wildman–Crippen MR) is 65.4 cm³/mol. The number of benzene rings is 1. The highest BCUT2D eigenvalue weighted by molar-refractivity contribution is 6.17. The first-order valence-corrected chi connectivity index (χ1v) is 6.28. The van der Waals surface area contributed by atoms with Crippen molar-refractivity contribution in [1.82, 2.24) is 4.90 Å². The zero-order valence-corrected chi connectivity index (χ0v) is 9.84. The number of rotatable bonds is 4. The van der Waals surface area contributed by atoms with E-state index in [1.165, 1.54) is 37.1 Å². The van der Waals surface area contributed by atoms with Crippen molar-refractivity contribution in [2.45, 2.75) is 25.8 Å². The summed E-state index contributed by atoms with van der Waals surface area (Å²) in [6, 6.07) is 8.88. The van der Waals surface area contributed by atoms with Crippen LogP contribution in [0.15, 0.2) is 24.3 Å². The van der Waals surface area contributed by atoms with Crippen molar-refractivity contribution < 1.29 is 0 Å². The molecule has 0 amide bonds. The highest BCUT2D eigenvalue weighted by Gasteiger charge is 2.11. The quantitative estimate of drug-likeness (QED) is 0.710. The van der Waals surface area contributed by atoms with Gasteiger partial charge in [-0.2, -0.15) is 0 Å². The van der Waals surface area contributed by atoms with E-state index in [1.54, 1.807) is 0 Å². The average molecular weight is 224 g/mol. The Morgan fingerprint density at radius 3 is 2.20 bits per heavy atom. The molecule has 1 aliphatic rings. The van der Waals surface area contributed by atoms with Gasteiger partial charge in [0, 0.05) is 12.4 Å². The fraction of sp³-hybridized carbons (Fsp3) is 0.538. The smallest absolute Gasteiger partial charge is 0.0263 e. The number of likely N-dealkylation sites (tertiary alicyclic amines) is 1. The zero-order valence-electron chi connectivity index (χ0n) is 9.08. The van der Waals surface area contributed by atoms with Crippen LogP contribution in [0.25, 0.3) is 0 Å². The third kappa shape index (κ3) is 3.22. The van der Waals surface area contributed by atoms with Crippen LogP contribution in [-0.4, -0.2) is 23.9 Å². The molecule has 0 unspecified atom stereocenters. The van der Waals surface area contributed by atoms with Crippen molar-refractivity contribution >= 4 is 11.6 Å². The zero-order chi connectivity index (χ0) is 10.5. The van der Waals surface area contributed by atoms with Gasteiger partial charge in [-0.3, -0.25) is 4.90 Å². The van der Waals surface area contributed by atoms with Crippen LogP contribution in [0.1, 0.15) is 24.0 Å². The Bertz CT molecular complexity index is 288. The molecule has 0 spiro atoms. The standard InChI is InChI=1S/C13H18ClN/c14-8-7-12-3-5-13(6-4-12)11-15-9-1-2-10-15/h3-6H,1-2,7-11H2.